The van der Waals surface area contributed by atoms with E-state index in [1.54, 1.807) is 25.3 Å². The van der Waals surface area contributed by atoms with Crippen LogP contribution in [0.25, 0.3) is 27.7 Å². The summed E-state index contributed by atoms with van der Waals surface area (Å²) in [7, 11) is 0. The molecule has 1 fully saturated rings. The molecule has 0 radical (unpaired) electrons. The first kappa shape index (κ1) is 19.6. The highest BCUT2D eigenvalue weighted by Crippen LogP contribution is 2.40. The van der Waals surface area contributed by atoms with Gasteiger partial charge < -0.3 is 10.0 Å². The van der Waals surface area contributed by atoms with Crippen molar-refractivity contribution in [2.24, 2.45) is 0 Å². The van der Waals surface area contributed by atoms with Crippen LogP contribution in [-0.2, 0) is 0 Å². The number of aliphatic hydroxyl groups is 1. The molecular formula is C21H15ClF2N6O. The zero-order valence-corrected chi connectivity index (χ0v) is 17.0. The molecule has 0 amide bonds. The number of benzene rings is 1. The smallest absolute Gasteiger partial charge is 0.283 e. The van der Waals surface area contributed by atoms with Gasteiger partial charge in [-0.15, -0.1) is 0 Å². The molecule has 31 heavy (non-hydrogen) atoms. The topological polar surface area (TPSA) is 90.3 Å². The minimum atomic E-state index is -2.92. The van der Waals surface area contributed by atoms with Gasteiger partial charge in [-0.05, 0) is 30.7 Å². The number of alkyl halides is 2. The number of aliphatic hydroxyl groups excluding tert-OH is 1. The summed E-state index contributed by atoms with van der Waals surface area (Å²) in [5.74, 6) is 0.499. The fourth-order valence-electron chi connectivity index (χ4n) is 3.99. The second-order valence-corrected chi connectivity index (χ2v) is 7.82. The zero-order valence-electron chi connectivity index (χ0n) is 16.2. The van der Waals surface area contributed by atoms with Crippen molar-refractivity contribution in [3.63, 3.8) is 0 Å². The molecule has 10 heteroatoms. The summed E-state index contributed by atoms with van der Waals surface area (Å²) in [6.45, 7) is 2.38. The third-order valence-corrected chi connectivity index (χ3v) is 5.64. The molecule has 4 heterocycles. The minimum absolute atomic E-state index is 0.0665. The van der Waals surface area contributed by atoms with Crippen LogP contribution in [0.5, 0.6) is 0 Å². The fourth-order valence-corrected chi connectivity index (χ4v) is 4.16. The zero-order chi connectivity index (χ0) is 21.9. The molecule has 0 bridgehead atoms. The van der Waals surface area contributed by atoms with Gasteiger partial charge in [-0.2, -0.15) is 14.9 Å². The number of β-amino-alcohol motifs (C(OH)–C–C–N with tert-alkyl or cyclic N) is 1. The number of pyridine rings is 1. The van der Waals surface area contributed by atoms with E-state index >= 15 is 0 Å². The number of hydrogen-bond donors (Lipinski definition) is 1. The quantitative estimate of drug-likeness (QED) is 0.519. The summed E-state index contributed by atoms with van der Waals surface area (Å²) in [5.41, 5.74) is 1.86. The van der Waals surface area contributed by atoms with Crippen molar-refractivity contribution in [3.8, 4) is 17.2 Å². The number of nitriles is 1. The highest BCUT2D eigenvalue weighted by Gasteiger charge is 2.33. The van der Waals surface area contributed by atoms with Crippen LogP contribution in [0.3, 0.4) is 0 Å². The Bertz CT molecular complexity index is 1390. The SMILES string of the molecule is Cc1nc2c(C#N)c(C(F)F)nn2c(N2CC(O)C2)c1-c1ccnc2cc(Cl)ccc12. The van der Waals surface area contributed by atoms with Crippen LogP contribution in [0, 0.1) is 18.3 Å². The molecule has 7 nitrogen and oxygen atoms in total. The van der Waals surface area contributed by atoms with E-state index in [9.17, 15) is 19.1 Å². The first-order chi connectivity index (χ1) is 14.9. The first-order valence-electron chi connectivity index (χ1n) is 9.48. The van der Waals surface area contributed by atoms with Crippen molar-refractivity contribution >= 4 is 34.0 Å². The van der Waals surface area contributed by atoms with Gasteiger partial charge in [0.05, 0.1) is 17.3 Å². The summed E-state index contributed by atoms with van der Waals surface area (Å²) in [5, 5.41) is 24.8. The lowest BCUT2D eigenvalue weighted by Gasteiger charge is -2.39. The van der Waals surface area contributed by atoms with Gasteiger partial charge >= 0.3 is 0 Å². The van der Waals surface area contributed by atoms with Gasteiger partial charge in [-0.3, -0.25) is 4.98 Å². The number of hydrogen-bond acceptors (Lipinski definition) is 6. The maximum Gasteiger partial charge on any atom is 0.283 e. The van der Waals surface area contributed by atoms with Crippen LogP contribution in [0.15, 0.2) is 30.5 Å². The Morgan fingerprint density at radius 1 is 1.29 bits per heavy atom. The molecule has 1 saturated heterocycles. The van der Waals surface area contributed by atoms with Crippen LogP contribution in [-0.4, -0.2) is 43.9 Å². The number of nitrogens with zero attached hydrogens (tertiary/aromatic N) is 6. The lowest BCUT2D eigenvalue weighted by atomic mass is 9.98. The van der Waals surface area contributed by atoms with E-state index in [-0.39, 0.29) is 11.2 Å². The summed E-state index contributed by atoms with van der Waals surface area (Å²) in [4.78, 5) is 10.7. The van der Waals surface area contributed by atoms with Crippen molar-refractivity contribution in [2.45, 2.75) is 19.5 Å². The van der Waals surface area contributed by atoms with E-state index < -0.39 is 18.2 Å². The number of halogens is 3. The van der Waals surface area contributed by atoms with Crippen LogP contribution < -0.4 is 4.90 Å². The monoisotopic (exact) mass is 440 g/mol. The minimum Gasteiger partial charge on any atom is -0.389 e. The fraction of sp³-hybridized carbons (Fsp3) is 0.238. The highest BCUT2D eigenvalue weighted by molar-refractivity contribution is 6.31. The Balaban J connectivity index is 1.89. The molecule has 0 spiro atoms. The maximum atomic E-state index is 13.6. The first-order valence-corrected chi connectivity index (χ1v) is 9.86. The van der Waals surface area contributed by atoms with E-state index in [1.165, 1.54) is 4.52 Å². The second kappa shape index (κ2) is 7.11. The molecule has 156 valence electrons. The predicted octanol–water partition coefficient (Wildman–Crippen LogP) is 3.90. The number of aromatic nitrogens is 4. The third-order valence-electron chi connectivity index (χ3n) is 5.40. The van der Waals surface area contributed by atoms with E-state index in [0.717, 1.165) is 10.9 Å². The average molecular weight is 441 g/mol. The molecule has 1 aliphatic rings. The Labute approximate surface area is 180 Å². The molecule has 0 unspecified atom stereocenters. The van der Waals surface area contributed by atoms with E-state index in [0.29, 0.717) is 40.7 Å². The Morgan fingerprint density at radius 2 is 2.06 bits per heavy atom. The van der Waals surface area contributed by atoms with Crippen molar-refractivity contribution in [1.82, 2.24) is 19.6 Å². The van der Waals surface area contributed by atoms with E-state index in [1.807, 2.05) is 23.1 Å². The van der Waals surface area contributed by atoms with Gasteiger partial charge in [0.15, 0.2) is 5.65 Å². The number of aryl methyl sites for hydroxylation is 1. The van der Waals surface area contributed by atoms with Crippen LogP contribution in [0.4, 0.5) is 14.6 Å². The molecule has 1 N–H and O–H groups in total. The van der Waals surface area contributed by atoms with Gasteiger partial charge in [0.25, 0.3) is 6.43 Å². The van der Waals surface area contributed by atoms with E-state index in [4.69, 9.17) is 11.6 Å². The molecule has 1 aliphatic heterocycles. The van der Waals surface area contributed by atoms with Crippen molar-refractivity contribution in [2.75, 3.05) is 18.0 Å². The van der Waals surface area contributed by atoms with Gasteiger partial charge in [0.1, 0.15) is 23.1 Å². The maximum absolute atomic E-state index is 13.6. The van der Waals surface area contributed by atoms with Gasteiger partial charge in [0, 0.05) is 35.3 Å². The van der Waals surface area contributed by atoms with Crippen LogP contribution in [0.2, 0.25) is 5.02 Å². The standard InChI is InChI=1S/C21H15ClF2N6O/c1-10-17(14-4-5-26-16-6-11(22)2-3-13(14)16)21(29-8-12(31)9-29)30-20(27-10)15(7-25)18(28-30)19(23)24/h2-6,12,19,31H,8-9H2,1H3. The molecular weight excluding hydrogens is 426 g/mol. The molecule has 1 aromatic carbocycles. The predicted molar refractivity (Wildman–Crippen MR) is 111 cm³/mol. The van der Waals surface area contributed by atoms with Crippen LogP contribution in [0.1, 0.15) is 23.4 Å². The number of rotatable bonds is 3. The lowest BCUT2D eigenvalue weighted by molar-refractivity contribution is 0.140. The van der Waals surface area contributed by atoms with Gasteiger partial charge in [-0.25, -0.2) is 13.8 Å². The largest absolute Gasteiger partial charge is 0.389 e. The third kappa shape index (κ3) is 2.99. The Kier molecular flexibility index (Phi) is 4.50. The van der Waals surface area contributed by atoms with Crippen molar-refractivity contribution < 1.29 is 13.9 Å². The molecule has 5 rings (SSSR count). The second-order valence-electron chi connectivity index (χ2n) is 7.38. The number of anilines is 1. The lowest BCUT2D eigenvalue weighted by Crippen LogP contribution is -2.51. The number of fused-ring (bicyclic) bond motifs is 2. The summed E-state index contributed by atoms with van der Waals surface area (Å²) in [6, 6.07) is 8.96. The van der Waals surface area contributed by atoms with Crippen molar-refractivity contribution in [3.05, 3.63) is 52.4 Å². The Morgan fingerprint density at radius 3 is 2.74 bits per heavy atom. The van der Waals surface area contributed by atoms with Crippen molar-refractivity contribution in [1.29, 1.82) is 5.26 Å². The van der Waals surface area contributed by atoms with Gasteiger partial charge in [-0.1, -0.05) is 17.7 Å². The van der Waals surface area contributed by atoms with E-state index in [2.05, 4.69) is 15.1 Å². The molecule has 0 atom stereocenters. The Hall–Kier alpha value is -3.35. The molecule has 3 aromatic heterocycles. The van der Waals surface area contributed by atoms with Gasteiger partial charge in [0.2, 0.25) is 0 Å². The summed E-state index contributed by atoms with van der Waals surface area (Å²) >= 11 is 6.12. The normalized spacial score (nSPS) is 14.4. The van der Waals surface area contributed by atoms with Crippen LogP contribution >= 0.6 is 11.6 Å². The highest BCUT2D eigenvalue weighted by atomic mass is 35.5. The summed E-state index contributed by atoms with van der Waals surface area (Å²) < 4.78 is 28.5. The molecule has 0 aliphatic carbocycles. The molecule has 4 aromatic rings. The molecule has 0 saturated carbocycles. The summed E-state index contributed by atoms with van der Waals surface area (Å²) in [6.07, 6.45) is -1.82. The average Bonchev–Trinajstić information content (AvgIpc) is 3.08.